The van der Waals surface area contributed by atoms with Crippen LogP contribution in [0.3, 0.4) is 0 Å². The van der Waals surface area contributed by atoms with E-state index in [1.54, 1.807) is 0 Å². The van der Waals surface area contributed by atoms with Gasteiger partial charge in [-0.25, -0.2) is 19.4 Å². The van der Waals surface area contributed by atoms with Gasteiger partial charge in [0, 0.05) is 0 Å². The van der Waals surface area contributed by atoms with Crippen molar-refractivity contribution >= 4 is 0 Å². The molecule has 0 aliphatic rings. The van der Waals surface area contributed by atoms with Gasteiger partial charge < -0.3 is 46.0 Å². The Morgan fingerprint density at radius 1 is 0.400 bits per heavy atom. The normalized spacial score (nSPS) is 8.00. The molecule has 0 amide bonds. The summed E-state index contributed by atoms with van der Waals surface area (Å²) in [6, 6.07) is 0. The molecule has 0 fully saturated rings. The van der Waals surface area contributed by atoms with Crippen LogP contribution in [0.25, 0.3) is 0 Å². The van der Waals surface area contributed by atoms with Gasteiger partial charge in [-0.3, -0.25) is 0 Å². The smallest absolute Gasteiger partial charge is 0.356 e. The second kappa shape index (κ2) is 19.4. The van der Waals surface area contributed by atoms with Crippen LogP contribution >= 0.6 is 0 Å². The Kier molecular flexibility index (Phi) is 23.6. The summed E-state index contributed by atoms with van der Waals surface area (Å²) in [7, 11) is 0. The Bertz CT molecular complexity index is 488. The van der Waals surface area contributed by atoms with E-state index >= 15 is 0 Å². The van der Waals surface area contributed by atoms with E-state index in [-0.39, 0.29) is 35.6 Å². The molecule has 0 aliphatic heterocycles. The van der Waals surface area contributed by atoms with Crippen molar-refractivity contribution in [1.82, 2.24) is 0 Å². The first-order chi connectivity index (χ1) is 12.9. The van der Waals surface area contributed by atoms with Gasteiger partial charge in [-0.2, -0.15) is 0 Å². The summed E-state index contributed by atoms with van der Waals surface area (Å²) >= 11 is 0. The van der Waals surface area contributed by atoms with E-state index in [0.29, 0.717) is 0 Å². The molecule has 0 unspecified atom stereocenters. The van der Waals surface area contributed by atoms with Gasteiger partial charge in [0.05, 0.1) is 15.3 Å². The summed E-state index contributed by atoms with van der Waals surface area (Å²) < 4.78 is 0. The number of nitrogens with zero attached hydrogens (tertiary/aromatic N) is 7. The van der Waals surface area contributed by atoms with E-state index in [0.717, 1.165) is 0 Å². The minimum Gasteiger partial charge on any atom is -0.356 e. The summed E-state index contributed by atoms with van der Waals surface area (Å²) in [4.78, 5) is 76.5. The van der Waals surface area contributed by atoms with Gasteiger partial charge in [0.2, 0.25) is 0 Å². The van der Waals surface area contributed by atoms with Crippen molar-refractivity contribution in [2.75, 3.05) is 0 Å². The van der Waals surface area contributed by atoms with E-state index in [2.05, 4.69) is 19.4 Å². The van der Waals surface area contributed by atoms with Crippen LogP contribution in [-0.2, 0) is 19.4 Å². The third-order valence-corrected chi connectivity index (χ3v) is 0.745. The van der Waals surface area contributed by atoms with Gasteiger partial charge in [0.1, 0.15) is 0 Å². The Hall–Kier alpha value is -4.41. The Morgan fingerprint density at radius 2 is 0.500 bits per heavy atom. The molecule has 0 aromatic heterocycles. The SMILES string of the molecule is O=[N+]([O-])OC(O[N+](=O)[O-])(O[N+](=O)[O-])O[N+](=O)[O-].O=[N+]([O-])[O-].O=[N+]([O-])[O-].O=[N+]([O-])[O-].[La+3]. The van der Waals surface area contributed by atoms with Gasteiger partial charge in [-0.15, -0.1) is 40.5 Å². The molecule has 0 saturated carbocycles. The molecule has 0 rings (SSSR count). The molecule has 0 atom stereocenters. The maximum atomic E-state index is 9.83. The zero-order valence-corrected chi connectivity index (χ0v) is 16.4. The Labute approximate surface area is 183 Å². The molecule has 0 radical (unpaired) electrons. The van der Waals surface area contributed by atoms with Crippen molar-refractivity contribution in [3.8, 4) is 0 Å². The summed E-state index contributed by atoms with van der Waals surface area (Å²) in [5.41, 5.74) is 0. The first-order valence-electron chi connectivity index (χ1n) is 4.65. The van der Waals surface area contributed by atoms with Gasteiger partial charge >= 0.3 is 62.1 Å². The van der Waals surface area contributed by atoms with Crippen molar-refractivity contribution in [2.24, 2.45) is 0 Å². The van der Waals surface area contributed by atoms with Crippen LogP contribution in [0, 0.1) is 122 Å². The third-order valence-electron chi connectivity index (χ3n) is 0.745. The molecule has 0 aromatic carbocycles. The quantitative estimate of drug-likeness (QED) is 0.164. The topological polar surface area (TPSA) is 408 Å². The molecule has 28 nitrogen and oxygen atoms in total. The summed E-state index contributed by atoms with van der Waals surface area (Å²) in [5, 5.41) is 76.0. The van der Waals surface area contributed by atoms with E-state index in [4.69, 9.17) is 46.0 Å². The fourth-order valence-corrected chi connectivity index (χ4v) is 0.465. The molecule has 30 heavy (non-hydrogen) atoms. The molecule has 0 N–H and O–H groups in total. The predicted octanol–water partition coefficient (Wildman–Crippen LogP) is -2.29. The second-order valence-corrected chi connectivity index (χ2v) is 2.43. The molecule has 168 valence electrons. The van der Waals surface area contributed by atoms with Crippen LogP contribution < -0.4 is 0 Å². The maximum absolute atomic E-state index is 9.83. The van der Waals surface area contributed by atoms with E-state index in [9.17, 15) is 40.5 Å². The zero-order chi connectivity index (χ0) is 24.4. The number of rotatable bonds is 8. The zero-order valence-electron chi connectivity index (χ0n) is 12.8. The van der Waals surface area contributed by atoms with Crippen molar-refractivity contribution in [3.63, 3.8) is 0 Å². The first kappa shape index (κ1) is 36.5. The second-order valence-electron chi connectivity index (χ2n) is 2.43. The number of hydrogen-bond acceptors (Lipinski definition) is 21. The van der Waals surface area contributed by atoms with Gasteiger partial charge in [0.25, 0.3) is 0 Å². The van der Waals surface area contributed by atoms with Gasteiger partial charge in [0.15, 0.2) is 0 Å². The summed E-state index contributed by atoms with van der Waals surface area (Å²) in [5.74, 6) is 0. The molecular formula is CLaN7O21. The number of hydrogen-bond donors (Lipinski definition) is 0. The molecular weight excluding hydrogens is 585 g/mol. The molecule has 0 aromatic rings. The van der Waals surface area contributed by atoms with E-state index < -0.39 is 41.8 Å². The van der Waals surface area contributed by atoms with Crippen molar-refractivity contribution in [3.05, 3.63) is 86.4 Å². The van der Waals surface area contributed by atoms with Crippen LogP contribution in [0.2, 0.25) is 0 Å². The Balaban J connectivity index is -0.000000131. The molecule has 29 heteroatoms. The summed E-state index contributed by atoms with van der Waals surface area (Å²) in [6.07, 6.45) is -4.21. The average Bonchev–Trinajstić information content (AvgIpc) is 2.31. The fourth-order valence-electron chi connectivity index (χ4n) is 0.465. The van der Waals surface area contributed by atoms with Crippen molar-refractivity contribution < 1.29 is 90.6 Å². The van der Waals surface area contributed by atoms with E-state index in [1.807, 2.05) is 0 Å². The van der Waals surface area contributed by atoms with Crippen LogP contribution in [-0.4, -0.2) is 41.8 Å². The van der Waals surface area contributed by atoms with Crippen molar-refractivity contribution in [2.45, 2.75) is 6.16 Å². The first-order valence-corrected chi connectivity index (χ1v) is 4.65. The summed E-state index contributed by atoms with van der Waals surface area (Å²) in [6.45, 7) is 0. The van der Waals surface area contributed by atoms with Gasteiger partial charge in [-0.1, -0.05) is 0 Å². The standard InChI is InChI=1S/CN4O12.La.3NO3/c6-2(7)14-1(15-3(8)9,16-4(10)11)17-5(12)13;;3*2-1(3)4/q;+3;3*-1. The minimum atomic E-state index is -4.21. The van der Waals surface area contributed by atoms with E-state index in [1.165, 1.54) is 0 Å². The molecule has 0 saturated heterocycles. The largest absolute Gasteiger partial charge is 3.00 e. The molecule has 0 heterocycles. The molecule has 0 bridgehead atoms. The molecule has 0 spiro atoms. The monoisotopic (exact) mass is 585 g/mol. The predicted molar refractivity (Wildman–Crippen MR) is 66.1 cm³/mol. The van der Waals surface area contributed by atoms with Gasteiger partial charge in [-0.05, 0) is 0 Å². The van der Waals surface area contributed by atoms with Crippen LogP contribution in [0.5, 0.6) is 0 Å². The van der Waals surface area contributed by atoms with Crippen LogP contribution in [0.1, 0.15) is 0 Å². The third kappa shape index (κ3) is 49.5. The van der Waals surface area contributed by atoms with Crippen molar-refractivity contribution in [1.29, 1.82) is 0 Å². The van der Waals surface area contributed by atoms with Crippen LogP contribution in [0.15, 0.2) is 0 Å². The average molecular weight is 585 g/mol. The van der Waals surface area contributed by atoms with Crippen LogP contribution in [0.4, 0.5) is 0 Å². The fraction of sp³-hybridized carbons (Fsp3) is 1.00. The molecule has 0 aliphatic carbocycles. The maximum Gasteiger partial charge on any atom is 3.00 e. The Morgan fingerprint density at radius 3 is 0.567 bits per heavy atom. The minimum absolute atomic E-state index is 0.